The zero-order chi connectivity index (χ0) is 15.0. The molecule has 0 fully saturated rings. The van der Waals surface area contributed by atoms with E-state index >= 15 is 0 Å². The minimum Gasteiger partial charge on any atom is -0.515 e. The van der Waals surface area contributed by atoms with Crippen LogP contribution in [0.4, 0.5) is 11.4 Å². The van der Waals surface area contributed by atoms with E-state index in [1.807, 2.05) is 0 Å². The van der Waals surface area contributed by atoms with Crippen LogP contribution in [-0.2, 0) is 4.79 Å². The SMILES string of the molecule is Nc1ccc(C(=O)c2ccc3c(c2)C(=CO)C(=O)N3)cc1. The van der Waals surface area contributed by atoms with Crippen molar-refractivity contribution in [2.75, 3.05) is 11.1 Å². The molecular formula is C16H12N2O3. The molecule has 1 aliphatic heterocycles. The molecule has 5 nitrogen and oxygen atoms in total. The van der Waals surface area contributed by atoms with Crippen molar-refractivity contribution < 1.29 is 14.7 Å². The Balaban J connectivity index is 2.02. The predicted molar refractivity (Wildman–Crippen MR) is 80.0 cm³/mol. The second-order valence-corrected chi connectivity index (χ2v) is 4.71. The van der Waals surface area contributed by atoms with E-state index in [9.17, 15) is 9.59 Å². The summed E-state index contributed by atoms with van der Waals surface area (Å²) in [5.74, 6) is -0.556. The molecule has 1 amide bonds. The number of rotatable bonds is 2. The monoisotopic (exact) mass is 280 g/mol. The van der Waals surface area contributed by atoms with Crippen LogP contribution in [0.1, 0.15) is 21.5 Å². The lowest BCUT2D eigenvalue weighted by atomic mass is 9.99. The molecule has 2 aromatic rings. The smallest absolute Gasteiger partial charge is 0.259 e. The van der Waals surface area contributed by atoms with Gasteiger partial charge in [-0.3, -0.25) is 9.59 Å². The van der Waals surface area contributed by atoms with E-state index in [0.717, 1.165) is 6.26 Å². The predicted octanol–water partition coefficient (Wildman–Crippen LogP) is 2.35. The number of hydrogen-bond acceptors (Lipinski definition) is 4. The molecule has 0 saturated carbocycles. The minimum atomic E-state index is -0.385. The Morgan fingerprint density at radius 1 is 1.10 bits per heavy atom. The van der Waals surface area contributed by atoms with E-state index in [2.05, 4.69) is 5.32 Å². The maximum absolute atomic E-state index is 12.4. The number of benzene rings is 2. The fourth-order valence-corrected chi connectivity index (χ4v) is 2.26. The highest BCUT2D eigenvalue weighted by atomic mass is 16.2. The van der Waals surface area contributed by atoms with Gasteiger partial charge in [0.2, 0.25) is 0 Å². The molecule has 0 aromatic heterocycles. The standard InChI is InChI=1S/C16H12N2O3/c17-11-4-1-9(2-5-11)15(20)10-3-6-14-12(7-10)13(8-19)16(21)18-14/h1-8,19H,17H2,(H,18,21). The van der Waals surface area contributed by atoms with Crippen LogP contribution in [0.3, 0.4) is 0 Å². The van der Waals surface area contributed by atoms with E-state index in [0.29, 0.717) is 28.1 Å². The quantitative estimate of drug-likeness (QED) is 0.341. The summed E-state index contributed by atoms with van der Waals surface area (Å²) in [4.78, 5) is 24.0. The molecule has 4 N–H and O–H groups in total. The minimum absolute atomic E-state index is 0.150. The van der Waals surface area contributed by atoms with Crippen molar-refractivity contribution in [3.05, 3.63) is 65.4 Å². The van der Waals surface area contributed by atoms with Crippen molar-refractivity contribution in [1.82, 2.24) is 0 Å². The molecule has 0 atom stereocenters. The number of nitrogens with one attached hydrogen (secondary N) is 1. The van der Waals surface area contributed by atoms with E-state index in [-0.39, 0.29) is 17.3 Å². The topological polar surface area (TPSA) is 92.4 Å². The summed E-state index contributed by atoms with van der Waals surface area (Å²) < 4.78 is 0. The molecule has 0 aliphatic carbocycles. The average molecular weight is 280 g/mol. The number of nitrogens with two attached hydrogens (primary N) is 1. The van der Waals surface area contributed by atoms with Gasteiger partial charge in [-0.2, -0.15) is 0 Å². The van der Waals surface area contributed by atoms with Crippen molar-refractivity contribution in [2.24, 2.45) is 0 Å². The molecule has 2 aromatic carbocycles. The maximum Gasteiger partial charge on any atom is 0.259 e. The van der Waals surface area contributed by atoms with Gasteiger partial charge in [0, 0.05) is 28.1 Å². The highest BCUT2D eigenvalue weighted by Crippen LogP contribution is 2.32. The third-order valence-electron chi connectivity index (χ3n) is 3.37. The molecule has 3 rings (SSSR count). The van der Waals surface area contributed by atoms with E-state index in [1.54, 1.807) is 42.5 Å². The average Bonchev–Trinajstić information content (AvgIpc) is 2.81. The maximum atomic E-state index is 12.4. The summed E-state index contributed by atoms with van der Waals surface area (Å²) in [6, 6.07) is 11.5. The molecule has 21 heavy (non-hydrogen) atoms. The van der Waals surface area contributed by atoms with Crippen LogP contribution in [0.2, 0.25) is 0 Å². The van der Waals surface area contributed by atoms with Gasteiger partial charge in [-0.25, -0.2) is 0 Å². The number of ketones is 1. The molecule has 1 aliphatic rings. The Kier molecular flexibility index (Phi) is 2.95. The van der Waals surface area contributed by atoms with Gasteiger partial charge in [0.15, 0.2) is 5.78 Å². The first kappa shape index (κ1) is 12.9. The fourth-order valence-electron chi connectivity index (χ4n) is 2.26. The number of nitrogen functional groups attached to an aromatic ring is 1. The first-order valence-corrected chi connectivity index (χ1v) is 6.30. The number of aliphatic hydroxyl groups is 1. The highest BCUT2D eigenvalue weighted by molar-refractivity contribution is 6.31. The molecular weight excluding hydrogens is 268 g/mol. The molecule has 0 spiro atoms. The number of anilines is 2. The van der Waals surface area contributed by atoms with Gasteiger partial charge < -0.3 is 16.2 Å². The number of fused-ring (bicyclic) bond motifs is 1. The lowest BCUT2D eigenvalue weighted by molar-refractivity contribution is -0.110. The van der Waals surface area contributed by atoms with Crippen molar-refractivity contribution >= 4 is 28.6 Å². The van der Waals surface area contributed by atoms with Crippen LogP contribution in [0.15, 0.2) is 48.7 Å². The van der Waals surface area contributed by atoms with Crippen LogP contribution in [-0.4, -0.2) is 16.8 Å². The molecule has 0 saturated heterocycles. The number of aliphatic hydroxyl groups excluding tert-OH is 1. The molecule has 0 bridgehead atoms. The van der Waals surface area contributed by atoms with E-state index in [4.69, 9.17) is 10.8 Å². The molecule has 0 radical (unpaired) electrons. The largest absolute Gasteiger partial charge is 0.515 e. The first-order valence-electron chi connectivity index (χ1n) is 6.30. The van der Waals surface area contributed by atoms with Crippen LogP contribution in [0.5, 0.6) is 0 Å². The number of carbonyl (C=O) groups is 2. The van der Waals surface area contributed by atoms with E-state index in [1.165, 1.54) is 0 Å². The summed E-state index contributed by atoms with van der Waals surface area (Å²) in [7, 11) is 0. The lowest BCUT2D eigenvalue weighted by Crippen LogP contribution is -2.03. The third kappa shape index (κ3) is 2.14. The van der Waals surface area contributed by atoms with Gasteiger partial charge in [-0.1, -0.05) is 0 Å². The van der Waals surface area contributed by atoms with Crippen molar-refractivity contribution in [2.45, 2.75) is 0 Å². The number of hydrogen-bond donors (Lipinski definition) is 3. The van der Waals surface area contributed by atoms with Gasteiger partial charge in [-0.05, 0) is 42.5 Å². The van der Waals surface area contributed by atoms with Gasteiger partial charge in [0.05, 0.1) is 11.8 Å². The summed E-state index contributed by atoms with van der Waals surface area (Å²) in [6.45, 7) is 0. The van der Waals surface area contributed by atoms with E-state index < -0.39 is 0 Å². The molecule has 104 valence electrons. The van der Waals surface area contributed by atoms with Crippen LogP contribution >= 0.6 is 0 Å². The second kappa shape index (κ2) is 4.79. The Morgan fingerprint density at radius 2 is 1.76 bits per heavy atom. The summed E-state index contributed by atoms with van der Waals surface area (Å²) in [5.41, 5.74) is 8.38. The third-order valence-corrected chi connectivity index (χ3v) is 3.37. The Labute approximate surface area is 120 Å². The summed E-state index contributed by atoms with van der Waals surface area (Å²) >= 11 is 0. The Bertz CT molecular complexity index is 777. The van der Waals surface area contributed by atoms with Crippen molar-refractivity contribution in [1.29, 1.82) is 0 Å². The van der Waals surface area contributed by atoms with Crippen molar-refractivity contribution in [3.63, 3.8) is 0 Å². The zero-order valence-corrected chi connectivity index (χ0v) is 11.0. The molecule has 5 heteroatoms. The number of amides is 1. The first-order chi connectivity index (χ1) is 10.1. The lowest BCUT2D eigenvalue weighted by Gasteiger charge is -2.04. The normalized spacial score (nSPS) is 14.9. The Morgan fingerprint density at radius 3 is 2.43 bits per heavy atom. The van der Waals surface area contributed by atoms with Crippen molar-refractivity contribution in [3.8, 4) is 0 Å². The van der Waals surface area contributed by atoms with Gasteiger partial charge in [-0.15, -0.1) is 0 Å². The van der Waals surface area contributed by atoms with Crippen LogP contribution < -0.4 is 11.1 Å². The number of carbonyl (C=O) groups excluding carboxylic acids is 2. The van der Waals surface area contributed by atoms with Gasteiger partial charge in [0.25, 0.3) is 5.91 Å². The van der Waals surface area contributed by atoms with Crippen LogP contribution in [0, 0.1) is 0 Å². The molecule has 1 heterocycles. The summed E-state index contributed by atoms with van der Waals surface area (Å²) in [5, 5.41) is 11.8. The van der Waals surface area contributed by atoms with Crippen LogP contribution in [0.25, 0.3) is 5.57 Å². The second-order valence-electron chi connectivity index (χ2n) is 4.71. The van der Waals surface area contributed by atoms with Gasteiger partial charge >= 0.3 is 0 Å². The summed E-state index contributed by atoms with van der Waals surface area (Å²) in [6.07, 6.45) is 0.749. The molecule has 0 unspecified atom stereocenters. The zero-order valence-electron chi connectivity index (χ0n) is 11.0. The van der Waals surface area contributed by atoms with Gasteiger partial charge in [0.1, 0.15) is 0 Å². The Hall–Kier alpha value is -3.08. The fraction of sp³-hybridized carbons (Fsp3) is 0. The highest BCUT2D eigenvalue weighted by Gasteiger charge is 2.25.